The summed E-state index contributed by atoms with van der Waals surface area (Å²) >= 11 is 0. The number of rotatable bonds is 15. The molecule has 1 atom stereocenters. The van der Waals surface area contributed by atoms with Crippen molar-refractivity contribution in [1.82, 2.24) is 15.5 Å². The summed E-state index contributed by atoms with van der Waals surface area (Å²) in [6, 6.07) is 18.9. The molecule has 2 amide bonds. The molecule has 44 heavy (non-hydrogen) atoms. The van der Waals surface area contributed by atoms with Gasteiger partial charge in [0.25, 0.3) is 5.91 Å². The molecule has 9 heteroatoms. The van der Waals surface area contributed by atoms with Gasteiger partial charge in [0.2, 0.25) is 5.91 Å². The van der Waals surface area contributed by atoms with E-state index in [0.29, 0.717) is 50.7 Å². The van der Waals surface area contributed by atoms with Crippen molar-refractivity contribution in [2.45, 2.75) is 65.2 Å². The van der Waals surface area contributed by atoms with E-state index in [0.717, 1.165) is 53.0 Å². The van der Waals surface area contributed by atoms with E-state index in [1.165, 1.54) is 0 Å². The highest BCUT2D eigenvalue weighted by Gasteiger charge is 2.31. The van der Waals surface area contributed by atoms with Crippen molar-refractivity contribution in [3.63, 3.8) is 0 Å². The van der Waals surface area contributed by atoms with Gasteiger partial charge in [0.1, 0.15) is 17.5 Å². The Bertz CT molecular complexity index is 1380. The predicted octanol–water partition coefficient (Wildman–Crippen LogP) is 5.17. The van der Waals surface area contributed by atoms with Gasteiger partial charge in [-0.2, -0.15) is 0 Å². The summed E-state index contributed by atoms with van der Waals surface area (Å²) in [7, 11) is 3.26. The summed E-state index contributed by atoms with van der Waals surface area (Å²) in [6.07, 6.45) is 3.33. The minimum atomic E-state index is -0.540. The quantitative estimate of drug-likeness (QED) is 0.247. The van der Waals surface area contributed by atoms with Crippen LogP contribution in [0.2, 0.25) is 0 Å². The summed E-state index contributed by atoms with van der Waals surface area (Å²) in [6.45, 7) is 6.77. The molecule has 4 rings (SSSR count). The average molecular weight is 604 g/mol. The minimum absolute atomic E-state index is 0.112. The molecule has 3 aromatic rings. The van der Waals surface area contributed by atoms with Crippen molar-refractivity contribution in [2.24, 2.45) is 0 Å². The van der Waals surface area contributed by atoms with Crippen molar-refractivity contribution < 1.29 is 28.5 Å². The van der Waals surface area contributed by atoms with E-state index in [1.807, 2.05) is 67.6 Å². The maximum atomic E-state index is 13.6. The third kappa shape index (κ3) is 8.89. The molecule has 1 aliphatic rings. The number of nitrogens with one attached hydrogen (secondary N) is 2. The lowest BCUT2D eigenvalue weighted by molar-refractivity contribution is -0.142. The summed E-state index contributed by atoms with van der Waals surface area (Å²) in [5.41, 5.74) is 4.03. The zero-order valence-electron chi connectivity index (χ0n) is 26.3. The van der Waals surface area contributed by atoms with Gasteiger partial charge < -0.3 is 34.5 Å². The molecule has 9 nitrogen and oxygen atoms in total. The van der Waals surface area contributed by atoms with Crippen molar-refractivity contribution in [3.8, 4) is 23.0 Å². The number of para-hydroxylation sites is 1. The zero-order chi connectivity index (χ0) is 31.3. The molecule has 0 aromatic heterocycles. The topological polar surface area (TPSA) is 98.4 Å². The van der Waals surface area contributed by atoms with E-state index in [9.17, 15) is 9.59 Å². The van der Waals surface area contributed by atoms with E-state index in [2.05, 4.69) is 17.6 Å². The molecular formula is C35H45N3O6. The van der Waals surface area contributed by atoms with Gasteiger partial charge in [-0.15, -0.1) is 0 Å². The third-order valence-corrected chi connectivity index (χ3v) is 7.67. The molecule has 1 aliphatic heterocycles. The Morgan fingerprint density at radius 2 is 1.75 bits per heavy atom. The number of aryl methyl sites for hydroxylation is 1. The number of hydrogen-bond donors (Lipinski definition) is 2. The Morgan fingerprint density at radius 3 is 2.48 bits per heavy atom. The normalized spacial score (nSPS) is 14.7. The molecule has 0 radical (unpaired) electrons. The fourth-order valence-corrected chi connectivity index (χ4v) is 5.34. The van der Waals surface area contributed by atoms with Crippen molar-refractivity contribution in [1.29, 1.82) is 0 Å². The molecule has 1 saturated heterocycles. The Hall–Kier alpha value is -4.24. The van der Waals surface area contributed by atoms with Gasteiger partial charge in [0, 0.05) is 31.7 Å². The van der Waals surface area contributed by atoms with E-state index in [4.69, 9.17) is 18.9 Å². The molecule has 1 fully saturated rings. The van der Waals surface area contributed by atoms with Crippen LogP contribution in [-0.2, 0) is 29.2 Å². The van der Waals surface area contributed by atoms with Gasteiger partial charge in [-0.25, -0.2) is 0 Å². The van der Waals surface area contributed by atoms with Gasteiger partial charge in [-0.05, 0) is 73.6 Å². The lowest BCUT2D eigenvalue weighted by atomic mass is 10.1. The number of carbonyl (C=O) groups is 2. The van der Waals surface area contributed by atoms with Crippen LogP contribution < -0.4 is 29.6 Å². The predicted molar refractivity (Wildman–Crippen MR) is 170 cm³/mol. The molecule has 0 unspecified atom stereocenters. The first kappa shape index (κ1) is 32.7. The van der Waals surface area contributed by atoms with Gasteiger partial charge in [0.05, 0.1) is 20.8 Å². The van der Waals surface area contributed by atoms with Gasteiger partial charge in [-0.1, -0.05) is 43.3 Å². The largest absolute Gasteiger partial charge is 0.493 e. The summed E-state index contributed by atoms with van der Waals surface area (Å²) < 4.78 is 22.6. The Kier molecular flexibility index (Phi) is 12.3. The Labute approximate surface area is 260 Å². The SMILES string of the molecule is CCCOc1ccc(CN(C(=O)COc2ccc(CNCc3cccc(OC)c3OC)cc2)[C@H]2CCCCNC2=O)cc1C. The number of nitrogens with zero attached hydrogens (tertiary/aromatic N) is 1. The second-order valence-electron chi connectivity index (χ2n) is 11.0. The number of methoxy groups -OCH3 is 2. The standard InChI is InChI=1S/C35H45N3O6/c1-5-19-43-31-17-14-27(20-25(31)2)23-38(30-10-6-7-18-37-35(30)40)33(39)24-44-29-15-12-26(13-16-29)21-36-22-28-9-8-11-32(41-3)34(28)42-4/h8-9,11-17,20,30,36H,5-7,10,18-19,21-24H2,1-4H3,(H,37,40)/t30-/m0/s1. The maximum Gasteiger partial charge on any atom is 0.261 e. The Morgan fingerprint density at radius 1 is 0.955 bits per heavy atom. The van der Waals surface area contributed by atoms with Crippen LogP contribution in [0, 0.1) is 6.92 Å². The molecule has 0 saturated carbocycles. The first-order chi connectivity index (χ1) is 21.4. The molecule has 2 N–H and O–H groups in total. The fraction of sp³-hybridized carbons (Fsp3) is 0.429. The van der Waals surface area contributed by atoms with Gasteiger partial charge in [0.15, 0.2) is 18.1 Å². The highest BCUT2D eigenvalue weighted by Crippen LogP contribution is 2.30. The summed E-state index contributed by atoms with van der Waals surface area (Å²) in [5, 5.41) is 6.40. The van der Waals surface area contributed by atoms with Crippen LogP contribution in [0.1, 0.15) is 54.9 Å². The minimum Gasteiger partial charge on any atom is -0.493 e. The first-order valence-electron chi connectivity index (χ1n) is 15.3. The number of ether oxygens (including phenoxy) is 4. The van der Waals surface area contributed by atoms with E-state index in [1.54, 1.807) is 19.1 Å². The molecule has 0 spiro atoms. The van der Waals surface area contributed by atoms with Crippen LogP contribution in [0.25, 0.3) is 0 Å². The van der Waals surface area contributed by atoms with Crippen molar-refractivity contribution in [2.75, 3.05) is 34.0 Å². The van der Waals surface area contributed by atoms with Crippen molar-refractivity contribution >= 4 is 11.8 Å². The van der Waals surface area contributed by atoms with Crippen LogP contribution in [-0.4, -0.2) is 56.7 Å². The molecule has 236 valence electrons. The fourth-order valence-electron chi connectivity index (χ4n) is 5.34. The molecule has 1 heterocycles. The molecule has 0 aliphatic carbocycles. The third-order valence-electron chi connectivity index (χ3n) is 7.67. The Balaban J connectivity index is 1.37. The van der Waals surface area contributed by atoms with Crippen LogP contribution in [0.4, 0.5) is 0 Å². The van der Waals surface area contributed by atoms with E-state index < -0.39 is 6.04 Å². The smallest absolute Gasteiger partial charge is 0.261 e. The van der Waals surface area contributed by atoms with Crippen LogP contribution in [0.3, 0.4) is 0 Å². The number of hydrogen-bond acceptors (Lipinski definition) is 7. The maximum absolute atomic E-state index is 13.6. The summed E-state index contributed by atoms with van der Waals surface area (Å²) in [5.74, 6) is 2.51. The van der Waals surface area contributed by atoms with E-state index >= 15 is 0 Å². The highest BCUT2D eigenvalue weighted by atomic mass is 16.5. The second-order valence-corrected chi connectivity index (χ2v) is 11.0. The monoisotopic (exact) mass is 603 g/mol. The lowest BCUT2D eigenvalue weighted by Gasteiger charge is -2.30. The highest BCUT2D eigenvalue weighted by molar-refractivity contribution is 5.88. The number of amides is 2. The molecule has 0 bridgehead atoms. The zero-order valence-corrected chi connectivity index (χ0v) is 26.3. The first-order valence-corrected chi connectivity index (χ1v) is 15.3. The summed E-state index contributed by atoms with van der Waals surface area (Å²) in [4.78, 5) is 28.2. The number of benzene rings is 3. The van der Waals surface area contributed by atoms with Gasteiger partial charge in [-0.3, -0.25) is 9.59 Å². The van der Waals surface area contributed by atoms with Crippen LogP contribution in [0.5, 0.6) is 23.0 Å². The van der Waals surface area contributed by atoms with Crippen LogP contribution in [0.15, 0.2) is 60.7 Å². The average Bonchev–Trinajstić information content (AvgIpc) is 3.26. The molecular weight excluding hydrogens is 558 g/mol. The lowest BCUT2D eigenvalue weighted by Crippen LogP contribution is -2.49. The van der Waals surface area contributed by atoms with E-state index in [-0.39, 0.29) is 18.4 Å². The van der Waals surface area contributed by atoms with Gasteiger partial charge >= 0.3 is 0 Å². The second kappa shape index (κ2) is 16.6. The van der Waals surface area contributed by atoms with Crippen molar-refractivity contribution in [3.05, 3.63) is 82.9 Å². The number of carbonyl (C=O) groups excluding carboxylic acids is 2. The molecule has 3 aromatic carbocycles. The van der Waals surface area contributed by atoms with Crippen LogP contribution >= 0.6 is 0 Å².